The van der Waals surface area contributed by atoms with Crippen molar-refractivity contribution >= 4 is 24.0 Å². The van der Waals surface area contributed by atoms with E-state index in [1.807, 2.05) is 0 Å². The Labute approximate surface area is 110 Å². The van der Waals surface area contributed by atoms with Crippen LogP contribution in [0.25, 0.3) is 0 Å². The number of urea groups is 2. The molecule has 0 saturated heterocycles. The van der Waals surface area contributed by atoms with E-state index in [2.05, 4.69) is 5.32 Å². The quantitative estimate of drug-likeness (QED) is 0.487. The van der Waals surface area contributed by atoms with E-state index >= 15 is 0 Å². The summed E-state index contributed by atoms with van der Waals surface area (Å²) in [6.07, 6.45) is 0.502. The van der Waals surface area contributed by atoms with Gasteiger partial charge in [-0.2, -0.15) is 0 Å². The molecule has 7 nitrogen and oxygen atoms in total. The number of hydrogen-bond acceptors (Lipinski definition) is 4. The number of hydroxylamine groups is 2. The number of para-hydroxylation sites is 1. The van der Waals surface area contributed by atoms with Crippen molar-refractivity contribution in [3.8, 4) is 0 Å². The molecule has 0 radical (unpaired) electrons. The third-order valence-electron chi connectivity index (χ3n) is 2.27. The van der Waals surface area contributed by atoms with Crippen molar-refractivity contribution in [2.24, 2.45) is 0 Å². The van der Waals surface area contributed by atoms with Gasteiger partial charge in [-0.15, -0.1) is 0 Å². The molecule has 1 aromatic rings. The van der Waals surface area contributed by atoms with Crippen LogP contribution in [0.3, 0.4) is 0 Å². The van der Waals surface area contributed by atoms with Crippen LogP contribution in [0.1, 0.15) is 6.92 Å². The zero-order chi connectivity index (χ0) is 14.3. The second-order valence-electron chi connectivity index (χ2n) is 3.52. The Morgan fingerprint density at radius 1 is 1.32 bits per heavy atom. The molecule has 0 aromatic heterocycles. The summed E-state index contributed by atoms with van der Waals surface area (Å²) in [6, 6.07) is 6.44. The van der Waals surface area contributed by atoms with Gasteiger partial charge in [0.2, 0.25) is 0 Å². The lowest BCUT2D eigenvalue weighted by Crippen LogP contribution is -2.49. The molecule has 0 saturated carbocycles. The van der Waals surface area contributed by atoms with E-state index in [1.165, 1.54) is 0 Å². The molecule has 0 unspecified atom stereocenters. The average Bonchev–Trinajstić information content (AvgIpc) is 2.45. The Balaban J connectivity index is 3.01. The van der Waals surface area contributed by atoms with Gasteiger partial charge >= 0.3 is 12.1 Å². The first-order valence-corrected chi connectivity index (χ1v) is 5.68. The molecule has 19 heavy (non-hydrogen) atoms. The Morgan fingerprint density at radius 3 is 2.47 bits per heavy atom. The Kier molecular flexibility index (Phi) is 5.49. The van der Waals surface area contributed by atoms with Crippen molar-refractivity contribution in [2.45, 2.75) is 6.92 Å². The fourth-order valence-electron chi connectivity index (χ4n) is 1.35. The van der Waals surface area contributed by atoms with Crippen molar-refractivity contribution < 1.29 is 19.6 Å². The highest BCUT2D eigenvalue weighted by Gasteiger charge is 2.26. The summed E-state index contributed by atoms with van der Waals surface area (Å²) in [5, 5.41) is 12.1. The fourth-order valence-corrected chi connectivity index (χ4v) is 1.35. The summed E-state index contributed by atoms with van der Waals surface area (Å²) in [4.78, 5) is 34.8. The summed E-state index contributed by atoms with van der Waals surface area (Å²) in [5.41, 5.74) is 0.295. The SMILES string of the molecule is CCN(O)C(=O)N(C(=O)NCC=O)c1ccccc1. The summed E-state index contributed by atoms with van der Waals surface area (Å²) in [7, 11) is 0. The van der Waals surface area contributed by atoms with E-state index in [0.717, 1.165) is 4.90 Å². The number of anilines is 1. The lowest BCUT2D eigenvalue weighted by molar-refractivity contribution is -0.107. The molecular weight excluding hydrogens is 250 g/mol. The van der Waals surface area contributed by atoms with Gasteiger partial charge in [0.25, 0.3) is 0 Å². The topological polar surface area (TPSA) is 89.9 Å². The summed E-state index contributed by atoms with van der Waals surface area (Å²) in [6.45, 7) is 1.38. The number of aldehydes is 1. The molecule has 7 heteroatoms. The maximum atomic E-state index is 11.9. The van der Waals surface area contributed by atoms with Crippen molar-refractivity contribution in [2.75, 3.05) is 18.0 Å². The molecular formula is C12H15N3O4. The number of nitrogens with one attached hydrogen (secondary N) is 1. The molecule has 0 heterocycles. The van der Waals surface area contributed by atoms with Crippen LogP contribution in [-0.2, 0) is 4.79 Å². The van der Waals surface area contributed by atoms with Crippen LogP contribution >= 0.6 is 0 Å². The molecule has 1 aromatic carbocycles. The number of rotatable bonds is 4. The summed E-state index contributed by atoms with van der Waals surface area (Å²) in [5.74, 6) is 0. The Morgan fingerprint density at radius 2 is 1.95 bits per heavy atom. The zero-order valence-electron chi connectivity index (χ0n) is 10.4. The van der Waals surface area contributed by atoms with Gasteiger partial charge in [-0.1, -0.05) is 18.2 Å². The third kappa shape index (κ3) is 3.78. The average molecular weight is 265 g/mol. The molecule has 0 atom stereocenters. The molecule has 4 amide bonds. The van der Waals surface area contributed by atoms with Crippen LogP contribution in [0.5, 0.6) is 0 Å². The minimum Gasteiger partial charge on any atom is -0.330 e. The Hall–Kier alpha value is -2.41. The fraction of sp³-hybridized carbons (Fsp3) is 0.250. The molecule has 0 bridgehead atoms. The van der Waals surface area contributed by atoms with Crippen molar-refractivity contribution in [1.29, 1.82) is 0 Å². The van der Waals surface area contributed by atoms with Gasteiger partial charge in [-0.3, -0.25) is 5.21 Å². The lowest BCUT2D eigenvalue weighted by Gasteiger charge is -2.24. The van der Waals surface area contributed by atoms with Crippen LogP contribution in [-0.4, -0.2) is 41.7 Å². The number of carbonyl (C=O) groups excluding carboxylic acids is 3. The van der Waals surface area contributed by atoms with E-state index < -0.39 is 12.1 Å². The smallest absolute Gasteiger partial charge is 0.330 e. The largest absolute Gasteiger partial charge is 0.356 e. The molecule has 0 aliphatic heterocycles. The maximum Gasteiger partial charge on any atom is 0.356 e. The van der Waals surface area contributed by atoms with Gasteiger partial charge in [0.1, 0.15) is 6.29 Å². The molecule has 1 rings (SSSR count). The number of carbonyl (C=O) groups is 3. The van der Waals surface area contributed by atoms with E-state index in [4.69, 9.17) is 0 Å². The first-order chi connectivity index (χ1) is 9.11. The maximum absolute atomic E-state index is 11.9. The van der Waals surface area contributed by atoms with E-state index in [-0.39, 0.29) is 13.1 Å². The van der Waals surface area contributed by atoms with Crippen molar-refractivity contribution in [1.82, 2.24) is 10.4 Å². The van der Waals surface area contributed by atoms with E-state index in [0.29, 0.717) is 17.0 Å². The van der Waals surface area contributed by atoms with Crippen molar-refractivity contribution in [3.05, 3.63) is 30.3 Å². The summed E-state index contributed by atoms with van der Waals surface area (Å²) >= 11 is 0. The second-order valence-corrected chi connectivity index (χ2v) is 3.52. The molecule has 0 spiro atoms. The number of amides is 4. The van der Waals surface area contributed by atoms with E-state index in [1.54, 1.807) is 37.3 Å². The number of nitrogens with zero attached hydrogens (tertiary/aromatic N) is 2. The minimum atomic E-state index is -0.892. The lowest BCUT2D eigenvalue weighted by atomic mass is 10.3. The van der Waals surface area contributed by atoms with Gasteiger partial charge < -0.3 is 10.1 Å². The van der Waals surface area contributed by atoms with Gasteiger partial charge in [-0.25, -0.2) is 19.6 Å². The summed E-state index contributed by atoms with van der Waals surface area (Å²) < 4.78 is 0. The number of hydrogen-bond donors (Lipinski definition) is 2. The van der Waals surface area contributed by atoms with Gasteiger partial charge in [0, 0.05) is 6.54 Å². The van der Waals surface area contributed by atoms with Crippen LogP contribution in [0, 0.1) is 0 Å². The monoisotopic (exact) mass is 265 g/mol. The first-order valence-electron chi connectivity index (χ1n) is 5.68. The highest BCUT2D eigenvalue weighted by Crippen LogP contribution is 2.15. The molecule has 0 aliphatic carbocycles. The minimum absolute atomic E-state index is 0.0309. The second kappa shape index (κ2) is 7.12. The van der Waals surface area contributed by atoms with Crippen LogP contribution in [0.2, 0.25) is 0 Å². The van der Waals surface area contributed by atoms with Gasteiger partial charge in [0.15, 0.2) is 0 Å². The standard InChI is InChI=1S/C12H15N3O4/c1-2-14(19)12(18)15(11(17)13-8-9-16)10-6-4-3-5-7-10/h3-7,9,19H,2,8H2,1H3,(H,13,17). The molecule has 0 aliphatic rings. The predicted octanol–water partition coefficient (Wildman–Crippen LogP) is 1.23. The number of imide groups is 1. The van der Waals surface area contributed by atoms with Crippen LogP contribution in [0.15, 0.2) is 30.3 Å². The van der Waals surface area contributed by atoms with E-state index in [9.17, 15) is 19.6 Å². The first kappa shape index (κ1) is 14.7. The molecule has 2 N–H and O–H groups in total. The normalized spacial score (nSPS) is 9.58. The predicted molar refractivity (Wildman–Crippen MR) is 67.9 cm³/mol. The molecule has 102 valence electrons. The van der Waals surface area contributed by atoms with Gasteiger partial charge in [-0.05, 0) is 19.1 Å². The third-order valence-corrected chi connectivity index (χ3v) is 2.27. The zero-order valence-corrected chi connectivity index (χ0v) is 10.4. The highest BCUT2D eigenvalue weighted by molar-refractivity contribution is 6.13. The van der Waals surface area contributed by atoms with Gasteiger partial charge in [0.05, 0.1) is 12.2 Å². The highest BCUT2D eigenvalue weighted by atomic mass is 16.5. The Bertz CT molecular complexity index is 450. The number of benzene rings is 1. The molecule has 0 fully saturated rings. The van der Waals surface area contributed by atoms with Crippen molar-refractivity contribution in [3.63, 3.8) is 0 Å². The van der Waals surface area contributed by atoms with Crippen LogP contribution < -0.4 is 10.2 Å². The van der Waals surface area contributed by atoms with Crippen LogP contribution in [0.4, 0.5) is 15.3 Å².